The summed E-state index contributed by atoms with van der Waals surface area (Å²) in [6.45, 7) is 2.24. The average Bonchev–Trinajstić information content (AvgIpc) is 2.71. The number of carbonyl (C=O) groups excluding carboxylic acids is 1. The molecule has 0 radical (unpaired) electrons. The van der Waals surface area contributed by atoms with Crippen LogP contribution in [0.5, 0.6) is 0 Å². The maximum atomic E-state index is 11.3. The van der Waals surface area contributed by atoms with Gasteiger partial charge in [-0.3, -0.25) is 0 Å². The Morgan fingerprint density at radius 2 is 2.11 bits per heavy atom. The molecule has 1 heterocycles. The summed E-state index contributed by atoms with van der Waals surface area (Å²) in [4.78, 5) is 11.3. The van der Waals surface area contributed by atoms with Crippen molar-refractivity contribution in [2.75, 3.05) is 6.61 Å². The van der Waals surface area contributed by atoms with E-state index in [1.807, 2.05) is 13.0 Å². The number of hydrogen-bond donors (Lipinski definition) is 0. The van der Waals surface area contributed by atoms with Crippen molar-refractivity contribution in [3.8, 4) is 0 Å². The monoisotopic (exact) mass is 261 g/mol. The maximum Gasteiger partial charge on any atom is 0.330 e. The summed E-state index contributed by atoms with van der Waals surface area (Å²) < 4.78 is 7.17. The average molecular weight is 261 g/mol. The largest absolute Gasteiger partial charge is 0.463 e. The Kier molecular flexibility index (Phi) is 5.25. The molecule has 1 aromatic heterocycles. The maximum absolute atomic E-state index is 11.3. The van der Waals surface area contributed by atoms with Gasteiger partial charge >= 0.3 is 5.97 Å². The van der Waals surface area contributed by atoms with Gasteiger partial charge in [0.15, 0.2) is 0 Å². The fraction of sp³-hybridized carbons (Fsp3) is 0.562. The minimum atomic E-state index is -0.273. The van der Waals surface area contributed by atoms with Crippen LogP contribution in [0.3, 0.4) is 0 Å². The molecule has 0 aromatic carbocycles. The van der Waals surface area contributed by atoms with Gasteiger partial charge in [-0.2, -0.15) is 0 Å². The second-order valence-corrected chi connectivity index (χ2v) is 5.12. The van der Waals surface area contributed by atoms with Crippen LogP contribution in [0.2, 0.25) is 0 Å². The number of hydrogen-bond acceptors (Lipinski definition) is 2. The van der Waals surface area contributed by atoms with E-state index in [1.165, 1.54) is 44.6 Å². The molecule has 3 nitrogen and oxygen atoms in total. The van der Waals surface area contributed by atoms with Crippen molar-refractivity contribution < 1.29 is 9.53 Å². The molecule has 0 aliphatic heterocycles. The van der Waals surface area contributed by atoms with Crippen LogP contribution in [0.25, 0.3) is 6.08 Å². The van der Waals surface area contributed by atoms with Crippen LogP contribution < -0.4 is 0 Å². The van der Waals surface area contributed by atoms with E-state index in [9.17, 15) is 4.79 Å². The number of carbonyl (C=O) groups is 1. The van der Waals surface area contributed by atoms with Crippen molar-refractivity contribution >= 4 is 12.0 Å². The summed E-state index contributed by atoms with van der Waals surface area (Å²) in [6, 6.07) is 2.69. The van der Waals surface area contributed by atoms with Gasteiger partial charge < -0.3 is 9.30 Å². The Labute approximate surface area is 115 Å². The normalized spacial score (nSPS) is 17.5. The second-order valence-electron chi connectivity index (χ2n) is 5.12. The molecule has 0 bridgehead atoms. The Hall–Kier alpha value is -1.51. The third-order valence-electron chi connectivity index (χ3n) is 3.68. The molecule has 3 heteroatoms. The Balaban J connectivity index is 1.96. The molecule has 0 saturated heterocycles. The van der Waals surface area contributed by atoms with Crippen LogP contribution in [-0.2, 0) is 9.53 Å². The molecule has 0 atom stereocenters. The fourth-order valence-corrected chi connectivity index (χ4v) is 2.67. The summed E-state index contributed by atoms with van der Waals surface area (Å²) in [6.07, 6.45) is 15.5. The van der Waals surface area contributed by atoms with Gasteiger partial charge in [-0.25, -0.2) is 4.79 Å². The Morgan fingerprint density at radius 1 is 1.37 bits per heavy atom. The van der Waals surface area contributed by atoms with Crippen LogP contribution in [0.4, 0.5) is 0 Å². The van der Waals surface area contributed by atoms with Crippen LogP contribution in [0, 0.1) is 0 Å². The first kappa shape index (κ1) is 13.9. The summed E-state index contributed by atoms with van der Waals surface area (Å²) in [7, 11) is 0. The molecule has 1 fully saturated rings. The van der Waals surface area contributed by atoms with E-state index in [0.29, 0.717) is 12.6 Å². The molecule has 1 aromatic rings. The lowest BCUT2D eigenvalue weighted by Crippen LogP contribution is -2.05. The van der Waals surface area contributed by atoms with Gasteiger partial charge in [-0.1, -0.05) is 25.7 Å². The van der Waals surface area contributed by atoms with Gasteiger partial charge in [0.05, 0.1) is 6.61 Å². The third kappa shape index (κ3) is 4.27. The summed E-state index contributed by atoms with van der Waals surface area (Å²) in [5.74, 6) is -0.273. The lowest BCUT2D eigenvalue weighted by Gasteiger charge is -2.15. The summed E-state index contributed by atoms with van der Waals surface area (Å²) in [5.41, 5.74) is 1.07. The molecule has 1 aliphatic carbocycles. The quantitative estimate of drug-likeness (QED) is 0.466. The van der Waals surface area contributed by atoms with Crippen LogP contribution in [0.1, 0.15) is 57.1 Å². The Morgan fingerprint density at radius 3 is 2.79 bits per heavy atom. The fourth-order valence-electron chi connectivity index (χ4n) is 2.67. The SMILES string of the molecule is CCOC(=O)/C=C/c1ccn(C2CCCCCC2)c1. The highest BCUT2D eigenvalue weighted by molar-refractivity contribution is 5.86. The molecule has 0 amide bonds. The predicted molar refractivity (Wildman–Crippen MR) is 76.8 cm³/mol. The van der Waals surface area contributed by atoms with Gasteiger partial charge in [0.25, 0.3) is 0 Å². The number of aromatic nitrogens is 1. The molecule has 104 valence electrons. The highest BCUT2D eigenvalue weighted by Crippen LogP contribution is 2.27. The van der Waals surface area contributed by atoms with Crippen molar-refractivity contribution in [1.29, 1.82) is 0 Å². The van der Waals surface area contributed by atoms with Gasteiger partial charge in [0, 0.05) is 24.5 Å². The zero-order chi connectivity index (χ0) is 13.5. The van der Waals surface area contributed by atoms with E-state index >= 15 is 0 Å². The van der Waals surface area contributed by atoms with Crippen molar-refractivity contribution in [2.24, 2.45) is 0 Å². The first-order valence-corrected chi connectivity index (χ1v) is 7.32. The molecular formula is C16H23NO2. The van der Waals surface area contributed by atoms with E-state index in [4.69, 9.17) is 4.74 Å². The van der Waals surface area contributed by atoms with E-state index in [-0.39, 0.29) is 5.97 Å². The lowest BCUT2D eigenvalue weighted by atomic mass is 10.1. The molecule has 0 N–H and O–H groups in total. The van der Waals surface area contributed by atoms with E-state index in [0.717, 1.165) is 5.56 Å². The highest BCUT2D eigenvalue weighted by atomic mass is 16.5. The van der Waals surface area contributed by atoms with Crippen LogP contribution >= 0.6 is 0 Å². The van der Waals surface area contributed by atoms with Crippen molar-refractivity contribution in [3.05, 3.63) is 30.1 Å². The number of ether oxygens (including phenoxy) is 1. The van der Waals surface area contributed by atoms with Crippen LogP contribution in [-0.4, -0.2) is 17.1 Å². The van der Waals surface area contributed by atoms with Crippen molar-refractivity contribution in [2.45, 2.75) is 51.5 Å². The first-order valence-electron chi connectivity index (χ1n) is 7.32. The molecule has 19 heavy (non-hydrogen) atoms. The summed E-state index contributed by atoms with van der Waals surface area (Å²) >= 11 is 0. The minimum absolute atomic E-state index is 0.273. The van der Waals surface area contributed by atoms with E-state index in [1.54, 1.807) is 0 Å². The zero-order valence-corrected chi connectivity index (χ0v) is 11.7. The first-order chi connectivity index (χ1) is 9.29. The zero-order valence-electron chi connectivity index (χ0n) is 11.7. The molecule has 1 saturated carbocycles. The standard InChI is InChI=1S/C16H23NO2/c1-2-19-16(18)10-9-14-11-12-17(13-14)15-7-5-3-4-6-8-15/h9-13,15H,2-8H2,1H3/b10-9+. The molecule has 0 unspecified atom stereocenters. The van der Waals surface area contributed by atoms with Crippen molar-refractivity contribution in [3.63, 3.8) is 0 Å². The molecule has 2 rings (SSSR count). The molecular weight excluding hydrogens is 238 g/mol. The smallest absolute Gasteiger partial charge is 0.330 e. The van der Waals surface area contributed by atoms with Gasteiger partial charge in [-0.15, -0.1) is 0 Å². The lowest BCUT2D eigenvalue weighted by molar-refractivity contribution is -0.137. The van der Waals surface area contributed by atoms with Gasteiger partial charge in [-0.05, 0) is 37.5 Å². The highest BCUT2D eigenvalue weighted by Gasteiger charge is 2.13. The van der Waals surface area contributed by atoms with E-state index in [2.05, 4.69) is 23.0 Å². The minimum Gasteiger partial charge on any atom is -0.463 e. The number of esters is 1. The Bertz CT molecular complexity index is 426. The predicted octanol–water partition coefficient (Wildman–Crippen LogP) is 3.96. The van der Waals surface area contributed by atoms with E-state index < -0.39 is 0 Å². The second kappa shape index (κ2) is 7.17. The number of nitrogens with zero attached hydrogens (tertiary/aromatic N) is 1. The topological polar surface area (TPSA) is 31.2 Å². The number of rotatable bonds is 4. The summed E-state index contributed by atoms with van der Waals surface area (Å²) in [5, 5.41) is 0. The molecule has 0 spiro atoms. The van der Waals surface area contributed by atoms with Gasteiger partial charge in [0.2, 0.25) is 0 Å². The molecule has 1 aliphatic rings. The van der Waals surface area contributed by atoms with Crippen LogP contribution in [0.15, 0.2) is 24.5 Å². The van der Waals surface area contributed by atoms with Gasteiger partial charge in [0.1, 0.15) is 0 Å². The third-order valence-corrected chi connectivity index (χ3v) is 3.68. The van der Waals surface area contributed by atoms with Crippen molar-refractivity contribution in [1.82, 2.24) is 4.57 Å².